The summed E-state index contributed by atoms with van der Waals surface area (Å²) in [6.45, 7) is 2.11. The van der Waals surface area contributed by atoms with Gasteiger partial charge in [0.2, 0.25) is 5.91 Å². The fourth-order valence-electron chi connectivity index (χ4n) is 2.81. The van der Waals surface area contributed by atoms with E-state index >= 15 is 0 Å². The van der Waals surface area contributed by atoms with Crippen LogP contribution >= 0.6 is 11.3 Å². The lowest BCUT2D eigenvalue weighted by Crippen LogP contribution is -2.28. The number of tetrazole rings is 1. The van der Waals surface area contributed by atoms with Gasteiger partial charge in [-0.1, -0.05) is 12.1 Å². The highest BCUT2D eigenvalue weighted by atomic mass is 32.1. The maximum absolute atomic E-state index is 12.2. The molecule has 1 amide bonds. The number of carbonyl (C=O) groups excluding carboxylic acids is 1. The summed E-state index contributed by atoms with van der Waals surface area (Å²) < 4.78 is 1.58. The Bertz CT molecular complexity index is 840. The summed E-state index contributed by atoms with van der Waals surface area (Å²) >= 11 is 1.82. The van der Waals surface area contributed by atoms with Crippen molar-refractivity contribution in [1.82, 2.24) is 25.5 Å². The van der Waals surface area contributed by atoms with E-state index in [1.54, 1.807) is 11.0 Å². The third-order valence-corrected chi connectivity index (χ3v) is 5.31. The van der Waals surface area contributed by atoms with Gasteiger partial charge in [-0.2, -0.15) is 0 Å². The molecule has 3 aromatic rings. The van der Waals surface area contributed by atoms with E-state index in [1.807, 2.05) is 35.6 Å². The summed E-state index contributed by atoms with van der Waals surface area (Å²) in [4.78, 5) is 14.9. The number of rotatable bonds is 5. The summed E-state index contributed by atoms with van der Waals surface area (Å²) in [5, 5.41) is 14.2. The summed E-state index contributed by atoms with van der Waals surface area (Å²) in [7, 11) is 0. The lowest BCUT2D eigenvalue weighted by atomic mass is 10.1. The van der Waals surface area contributed by atoms with E-state index in [-0.39, 0.29) is 11.9 Å². The topological polar surface area (TPSA) is 72.7 Å². The highest BCUT2D eigenvalue weighted by Gasteiger charge is 2.40. The van der Waals surface area contributed by atoms with Gasteiger partial charge in [-0.3, -0.25) is 4.79 Å². The molecule has 0 radical (unpaired) electrons. The van der Waals surface area contributed by atoms with Crippen LogP contribution in [0.15, 0.2) is 42.7 Å². The molecule has 0 saturated heterocycles. The normalized spacial score (nSPS) is 19.2. The molecule has 2 aromatic heterocycles. The molecule has 1 N–H and O–H groups in total. The molecule has 7 heteroatoms. The first-order chi connectivity index (χ1) is 11.7. The molecule has 1 aliphatic carbocycles. The zero-order valence-corrected chi connectivity index (χ0v) is 14.0. The molecule has 0 aliphatic heterocycles. The van der Waals surface area contributed by atoms with Crippen LogP contribution in [0, 0.1) is 6.92 Å². The van der Waals surface area contributed by atoms with Crippen LogP contribution in [0.4, 0.5) is 0 Å². The first-order valence-corrected chi connectivity index (χ1v) is 8.69. The minimum absolute atomic E-state index is 0.0750. The Hall–Kier alpha value is -2.54. The number of thiophene rings is 1. The summed E-state index contributed by atoms with van der Waals surface area (Å²) in [6, 6.07) is 12.3. The van der Waals surface area contributed by atoms with Gasteiger partial charge >= 0.3 is 0 Å². The predicted octanol–water partition coefficient (Wildman–Crippen LogP) is 2.25. The average molecular weight is 339 g/mol. The van der Waals surface area contributed by atoms with Gasteiger partial charge in [-0.15, -0.1) is 16.4 Å². The van der Waals surface area contributed by atoms with Crippen molar-refractivity contribution >= 4 is 17.2 Å². The van der Waals surface area contributed by atoms with Crippen molar-refractivity contribution in [1.29, 1.82) is 0 Å². The molecule has 1 aliphatic rings. The van der Waals surface area contributed by atoms with Crippen LogP contribution in [0.1, 0.15) is 27.7 Å². The van der Waals surface area contributed by atoms with Crippen molar-refractivity contribution in [3.8, 4) is 5.69 Å². The van der Waals surface area contributed by atoms with E-state index in [4.69, 9.17) is 0 Å². The monoisotopic (exact) mass is 339 g/mol. The molecule has 6 nitrogen and oxygen atoms in total. The molecule has 1 aromatic carbocycles. The van der Waals surface area contributed by atoms with Crippen LogP contribution in [0.5, 0.6) is 0 Å². The molecule has 24 heavy (non-hydrogen) atoms. The number of benzene rings is 1. The number of aromatic nitrogens is 4. The largest absolute Gasteiger partial charge is 0.352 e. The molecule has 0 unspecified atom stereocenters. The summed E-state index contributed by atoms with van der Waals surface area (Å²) in [5.41, 5.74) is 1.85. The Balaban J connectivity index is 1.32. The number of aryl methyl sites for hydroxylation is 1. The van der Waals surface area contributed by atoms with Crippen molar-refractivity contribution in [2.24, 2.45) is 0 Å². The molecule has 2 atom stereocenters. The molecule has 4 rings (SSSR count). The van der Waals surface area contributed by atoms with Gasteiger partial charge in [0, 0.05) is 21.7 Å². The van der Waals surface area contributed by atoms with Crippen LogP contribution in [-0.2, 0) is 11.2 Å². The van der Waals surface area contributed by atoms with Gasteiger partial charge in [0.25, 0.3) is 0 Å². The van der Waals surface area contributed by atoms with E-state index in [0.29, 0.717) is 12.3 Å². The number of hydrogen-bond donors (Lipinski definition) is 1. The predicted molar refractivity (Wildman–Crippen MR) is 91.2 cm³/mol. The van der Waals surface area contributed by atoms with Gasteiger partial charge in [-0.05, 0) is 53.6 Å². The van der Waals surface area contributed by atoms with Crippen molar-refractivity contribution in [3.63, 3.8) is 0 Å². The van der Waals surface area contributed by atoms with Gasteiger partial charge in [-0.25, -0.2) is 4.68 Å². The standard InChI is InChI=1S/C17H17N5OS/c1-11-2-7-16(24-11)14-9-15(14)19-17(23)8-12-3-5-13(6-4-12)22-10-18-20-21-22/h2-7,10,14-15H,8-9H2,1H3,(H,19,23)/t14-,15-/m0/s1. The summed E-state index contributed by atoms with van der Waals surface area (Å²) in [5.74, 6) is 0.570. The molecule has 2 heterocycles. The van der Waals surface area contributed by atoms with Crippen LogP contribution in [-0.4, -0.2) is 32.2 Å². The van der Waals surface area contributed by atoms with Gasteiger partial charge in [0.05, 0.1) is 12.1 Å². The molecule has 1 saturated carbocycles. The fourth-order valence-corrected chi connectivity index (χ4v) is 3.87. The number of amides is 1. The lowest BCUT2D eigenvalue weighted by Gasteiger charge is -2.05. The van der Waals surface area contributed by atoms with Crippen molar-refractivity contribution in [2.75, 3.05) is 0 Å². The highest BCUT2D eigenvalue weighted by molar-refractivity contribution is 7.12. The number of carbonyl (C=O) groups is 1. The molecule has 1 fully saturated rings. The number of hydrogen-bond acceptors (Lipinski definition) is 5. The lowest BCUT2D eigenvalue weighted by molar-refractivity contribution is -0.120. The molecular weight excluding hydrogens is 322 g/mol. The maximum Gasteiger partial charge on any atom is 0.224 e. The van der Waals surface area contributed by atoms with Gasteiger partial charge in [0.15, 0.2) is 0 Å². The Kier molecular flexibility index (Phi) is 3.86. The Morgan fingerprint density at radius 2 is 2.12 bits per heavy atom. The second kappa shape index (κ2) is 6.16. The minimum atomic E-state index is 0.0750. The van der Waals surface area contributed by atoms with E-state index < -0.39 is 0 Å². The fraction of sp³-hybridized carbons (Fsp3) is 0.294. The van der Waals surface area contributed by atoms with E-state index in [9.17, 15) is 4.79 Å². The third-order valence-electron chi connectivity index (χ3n) is 4.18. The van der Waals surface area contributed by atoms with E-state index in [0.717, 1.165) is 17.7 Å². The Labute approximate surface area is 143 Å². The first-order valence-electron chi connectivity index (χ1n) is 7.87. The molecule has 0 spiro atoms. The number of nitrogens with one attached hydrogen (secondary N) is 1. The van der Waals surface area contributed by atoms with Crippen molar-refractivity contribution in [2.45, 2.75) is 31.7 Å². The quantitative estimate of drug-likeness (QED) is 0.774. The second-order valence-corrected chi connectivity index (χ2v) is 7.38. The number of nitrogens with zero attached hydrogens (tertiary/aromatic N) is 4. The van der Waals surface area contributed by atoms with Crippen molar-refractivity contribution < 1.29 is 4.79 Å². The SMILES string of the molecule is Cc1ccc([C@H]2C[C@@H]2NC(=O)Cc2ccc(-n3cnnn3)cc2)s1. The van der Waals surface area contributed by atoms with E-state index in [1.165, 1.54) is 9.75 Å². The zero-order chi connectivity index (χ0) is 16.5. The van der Waals surface area contributed by atoms with Crippen LogP contribution < -0.4 is 5.32 Å². The van der Waals surface area contributed by atoms with E-state index in [2.05, 4.69) is 39.9 Å². The van der Waals surface area contributed by atoms with Crippen LogP contribution in [0.3, 0.4) is 0 Å². The Morgan fingerprint density at radius 1 is 1.29 bits per heavy atom. The average Bonchev–Trinajstić information content (AvgIpc) is 2.99. The first kappa shape index (κ1) is 15.0. The van der Waals surface area contributed by atoms with Crippen LogP contribution in [0.25, 0.3) is 5.69 Å². The van der Waals surface area contributed by atoms with Gasteiger partial charge in [0.1, 0.15) is 6.33 Å². The smallest absolute Gasteiger partial charge is 0.224 e. The Morgan fingerprint density at radius 3 is 2.79 bits per heavy atom. The third kappa shape index (κ3) is 3.21. The van der Waals surface area contributed by atoms with Crippen LogP contribution in [0.2, 0.25) is 0 Å². The highest BCUT2D eigenvalue weighted by Crippen LogP contribution is 2.43. The van der Waals surface area contributed by atoms with Crippen molar-refractivity contribution in [3.05, 3.63) is 58.0 Å². The minimum Gasteiger partial charge on any atom is -0.352 e. The zero-order valence-electron chi connectivity index (χ0n) is 13.2. The maximum atomic E-state index is 12.2. The molecular formula is C17H17N5OS. The summed E-state index contributed by atoms with van der Waals surface area (Å²) in [6.07, 6.45) is 2.98. The molecule has 122 valence electrons. The van der Waals surface area contributed by atoms with Gasteiger partial charge < -0.3 is 5.32 Å². The second-order valence-electron chi connectivity index (χ2n) is 6.06. The molecule has 0 bridgehead atoms.